The number of hydrogen-bond donors (Lipinski definition) is 2. The van der Waals surface area contributed by atoms with Gasteiger partial charge in [0.15, 0.2) is 5.71 Å². The molecular weight excluding hydrogens is 218 g/mol. The highest BCUT2D eigenvalue weighted by Gasteiger charge is 2.16. The van der Waals surface area contributed by atoms with Crippen LogP contribution in [0.1, 0.15) is 19.4 Å². The fourth-order valence-electron chi connectivity index (χ4n) is 1.41. The molecule has 17 heavy (non-hydrogen) atoms. The van der Waals surface area contributed by atoms with Gasteiger partial charge in [0.2, 0.25) is 0 Å². The van der Waals surface area contributed by atoms with Crippen molar-refractivity contribution in [2.24, 2.45) is 5.16 Å². The van der Waals surface area contributed by atoms with Gasteiger partial charge in [-0.05, 0) is 0 Å². The Labute approximate surface area is 101 Å². The predicted molar refractivity (Wildman–Crippen MR) is 65.8 cm³/mol. The van der Waals surface area contributed by atoms with Gasteiger partial charge in [-0.2, -0.15) is 0 Å². The molecule has 0 bridgehead atoms. The molecule has 1 amide bonds. The fourth-order valence-corrected chi connectivity index (χ4v) is 1.41. The molecule has 0 unspecified atom stereocenters. The minimum atomic E-state index is -0.414. The van der Waals surface area contributed by atoms with Crippen LogP contribution in [-0.2, 0) is 4.79 Å². The van der Waals surface area contributed by atoms with E-state index in [1.807, 2.05) is 19.9 Å². The van der Waals surface area contributed by atoms with Gasteiger partial charge in [0.25, 0.3) is 5.91 Å². The summed E-state index contributed by atoms with van der Waals surface area (Å²) < 4.78 is 0. The van der Waals surface area contributed by atoms with Crippen LogP contribution < -0.4 is 5.43 Å². The molecule has 0 heterocycles. The van der Waals surface area contributed by atoms with E-state index in [0.717, 1.165) is 0 Å². The Morgan fingerprint density at radius 3 is 2.35 bits per heavy atom. The van der Waals surface area contributed by atoms with Gasteiger partial charge in [-0.3, -0.25) is 10.2 Å². The van der Waals surface area contributed by atoms with E-state index >= 15 is 0 Å². The lowest BCUT2D eigenvalue weighted by molar-refractivity contribution is -0.119. The molecule has 0 saturated carbocycles. The molecule has 92 valence electrons. The number of carbonyl (C=O) groups excluding carboxylic acids is 1. The molecule has 0 aliphatic carbocycles. The highest BCUT2D eigenvalue weighted by atomic mass is 16.4. The van der Waals surface area contributed by atoms with E-state index in [-0.39, 0.29) is 5.71 Å². The maximum atomic E-state index is 11.9. The lowest BCUT2D eigenvalue weighted by Crippen LogP contribution is -2.45. The number of carbonyl (C=O) groups is 1. The molecule has 5 nitrogen and oxygen atoms in total. The zero-order chi connectivity index (χ0) is 12.7. The van der Waals surface area contributed by atoms with Crippen molar-refractivity contribution in [2.45, 2.75) is 13.8 Å². The van der Waals surface area contributed by atoms with Crippen LogP contribution in [0, 0.1) is 0 Å². The van der Waals surface area contributed by atoms with Crippen LogP contribution in [0.15, 0.2) is 35.5 Å². The summed E-state index contributed by atoms with van der Waals surface area (Å²) in [6, 6.07) is 8.84. The van der Waals surface area contributed by atoms with Gasteiger partial charge in [-0.25, -0.2) is 5.01 Å². The summed E-state index contributed by atoms with van der Waals surface area (Å²) in [6.07, 6.45) is 0. The van der Waals surface area contributed by atoms with Crippen molar-refractivity contribution in [2.75, 3.05) is 13.1 Å². The quantitative estimate of drug-likeness (QED) is 0.458. The number of amides is 1. The van der Waals surface area contributed by atoms with Crippen molar-refractivity contribution in [1.82, 2.24) is 10.4 Å². The Bertz CT molecular complexity index is 386. The second-order valence-corrected chi connectivity index (χ2v) is 3.43. The summed E-state index contributed by atoms with van der Waals surface area (Å²) in [5.74, 6) is -0.414. The molecule has 1 aromatic rings. The van der Waals surface area contributed by atoms with Crippen LogP contribution in [-0.4, -0.2) is 34.9 Å². The highest BCUT2D eigenvalue weighted by molar-refractivity contribution is 6.45. The number of nitrogens with one attached hydrogen (secondary N) is 1. The van der Waals surface area contributed by atoms with Gasteiger partial charge in [-0.15, -0.1) is 0 Å². The van der Waals surface area contributed by atoms with E-state index in [4.69, 9.17) is 5.21 Å². The van der Waals surface area contributed by atoms with Gasteiger partial charge in [-0.1, -0.05) is 49.3 Å². The number of nitrogens with zero attached hydrogens (tertiary/aromatic N) is 2. The molecule has 0 saturated heterocycles. The van der Waals surface area contributed by atoms with Crippen LogP contribution in [0.4, 0.5) is 0 Å². The Morgan fingerprint density at radius 2 is 1.88 bits per heavy atom. The summed E-state index contributed by atoms with van der Waals surface area (Å²) >= 11 is 0. The average Bonchev–Trinajstić information content (AvgIpc) is 2.38. The topological polar surface area (TPSA) is 64.9 Å². The summed E-state index contributed by atoms with van der Waals surface area (Å²) in [6.45, 7) is 5.25. The molecule has 0 radical (unpaired) electrons. The molecule has 1 aromatic carbocycles. The first-order valence-corrected chi connectivity index (χ1v) is 5.56. The second kappa shape index (κ2) is 6.65. The number of oxime groups is 1. The van der Waals surface area contributed by atoms with Gasteiger partial charge in [0.1, 0.15) is 0 Å². The zero-order valence-corrected chi connectivity index (χ0v) is 10.1. The SMILES string of the molecule is CCN(CC)NC(=O)C(=NO)c1ccccc1. The molecule has 0 fully saturated rings. The van der Waals surface area contributed by atoms with Gasteiger partial charge in [0.05, 0.1) is 0 Å². The zero-order valence-electron chi connectivity index (χ0n) is 10.1. The smallest absolute Gasteiger partial charge is 0.288 e. The van der Waals surface area contributed by atoms with Crippen LogP contribution >= 0.6 is 0 Å². The van der Waals surface area contributed by atoms with E-state index in [9.17, 15) is 4.79 Å². The van der Waals surface area contributed by atoms with Crippen molar-refractivity contribution < 1.29 is 10.0 Å². The van der Waals surface area contributed by atoms with Crippen LogP contribution in [0.5, 0.6) is 0 Å². The summed E-state index contributed by atoms with van der Waals surface area (Å²) in [5.41, 5.74) is 3.26. The minimum Gasteiger partial charge on any atom is -0.410 e. The van der Waals surface area contributed by atoms with E-state index in [2.05, 4.69) is 10.6 Å². The van der Waals surface area contributed by atoms with Crippen LogP contribution in [0.2, 0.25) is 0 Å². The number of hydrazine groups is 1. The standard InChI is InChI=1S/C12H17N3O2/c1-3-15(4-2)13-12(16)11(14-17)10-8-6-5-7-9-10/h5-9,17H,3-4H2,1-2H3,(H,13,16). The Morgan fingerprint density at radius 1 is 1.29 bits per heavy atom. The summed E-state index contributed by atoms with van der Waals surface area (Å²) in [7, 11) is 0. The Hall–Kier alpha value is -1.88. The summed E-state index contributed by atoms with van der Waals surface area (Å²) in [5, 5.41) is 13.7. The third kappa shape index (κ3) is 3.57. The maximum absolute atomic E-state index is 11.9. The first-order valence-electron chi connectivity index (χ1n) is 5.56. The maximum Gasteiger partial charge on any atom is 0.288 e. The highest BCUT2D eigenvalue weighted by Crippen LogP contribution is 2.01. The lowest BCUT2D eigenvalue weighted by atomic mass is 10.1. The molecule has 0 aliphatic heterocycles. The molecule has 2 N–H and O–H groups in total. The molecule has 1 rings (SSSR count). The Balaban J connectivity index is 2.80. The van der Waals surface area contributed by atoms with Crippen molar-refractivity contribution in [3.05, 3.63) is 35.9 Å². The third-order valence-corrected chi connectivity index (χ3v) is 2.39. The summed E-state index contributed by atoms with van der Waals surface area (Å²) in [4.78, 5) is 11.9. The first-order chi connectivity index (χ1) is 8.22. The molecular formula is C12H17N3O2. The molecule has 5 heteroatoms. The molecule has 0 aromatic heterocycles. The molecule has 0 aliphatic rings. The van der Waals surface area contributed by atoms with Crippen LogP contribution in [0.3, 0.4) is 0 Å². The van der Waals surface area contributed by atoms with E-state index in [0.29, 0.717) is 18.7 Å². The normalized spacial score (nSPS) is 11.6. The first kappa shape index (κ1) is 13.2. The van der Waals surface area contributed by atoms with E-state index < -0.39 is 5.91 Å². The third-order valence-electron chi connectivity index (χ3n) is 2.39. The fraction of sp³-hybridized carbons (Fsp3) is 0.333. The largest absolute Gasteiger partial charge is 0.410 e. The predicted octanol–water partition coefficient (Wildman–Crippen LogP) is 1.24. The lowest BCUT2D eigenvalue weighted by Gasteiger charge is -2.19. The monoisotopic (exact) mass is 235 g/mol. The van der Waals surface area contributed by atoms with Crippen molar-refractivity contribution in [3.63, 3.8) is 0 Å². The van der Waals surface area contributed by atoms with Crippen LogP contribution in [0.25, 0.3) is 0 Å². The molecule has 0 spiro atoms. The average molecular weight is 235 g/mol. The van der Waals surface area contributed by atoms with E-state index in [1.54, 1.807) is 29.3 Å². The van der Waals surface area contributed by atoms with Gasteiger partial charge in [0, 0.05) is 18.7 Å². The van der Waals surface area contributed by atoms with Gasteiger partial charge >= 0.3 is 0 Å². The second-order valence-electron chi connectivity index (χ2n) is 3.43. The number of rotatable bonds is 5. The number of hydrogen-bond acceptors (Lipinski definition) is 4. The van der Waals surface area contributed by atoms with Crippen molar-refractivity contribution in [3.8, 4) is 0 Å². The minimum absolute atomic E-state index is 0.0116. The number of benzene rings is 1. The molecule has 0 atom stereocenters. The van der Waals surface area contributed by atoms with Gasteiger partial charge < -0.3 is 5.21 Å². The van der Waals surface area contributed by atoms with Crippen molar-refractivity contribution >= 4 is 11.6 Å². The van der Waals surface area contributed by atoms with Crippen molar-refractivity contribution in [1.29, 1.82) is 0 Å². The Kier molecular flexibility index (Phi) is 5.16. The van der Waals surface area contributed by atoms with E-state index in [1.165, 1.54) is 0 Å².